The van der Waals surface area contributed by atoms with Gasteiger partial charge in [0, 0.05) is 4.88 Å². The highest BCUT2D eigenvalue weighted by molar-refractivity contribution is 7.88. The summed E-state index contributed by atoms with van der Waals surface area (Å²) in [5.41, 5.74) is 0. The molecule has 0 aliphatic rings. The lowest BCUT2D eigenvalue weighted by atomic mass is 10.4. The predicted octanol–water partition coefficient (Wildman–Crippen LogP) is 1.51. The van der Waals surface area contributed by atoms with Gasteiger partial charge in [-0.1, -0.05) is 4.49 Å². The number of rotatable bonds is 2. The van der Waals surface area contributed by atoms with Crippen molar-refractivity contribution in [3.8, 4) is 9.75 Å². The second-order valence-electron chi connectivity index (χ2n) is 2.38. The molecule has 0 saturated heterocycles. The fraction of sp³-hybridized carbons (Fsp3) is 0. The monoisotopic (exact) mass is 248 g/mol. The summed E-state index contributed by atoms with van der Waals surface area (Å²) >= 11 is 2.16. The first-order valence-electron chi connectivity index (χ1n) is 3.42. The minimum atomic E-state index is -4.09. The second-order valence-corrected chi connectivity index (χ2v) is 5.89. The molecule has 0 aromatic carbocycles. The summed E-state index contributed by atoms with van der Waals surface area (Å²) in [5, 5.41) is 3.63. The zero-order chi connectivity index (χ0) is 10.2. The molecule has 0 saturated carbocycles. The molecule has 0 bridgehead atoms. The molecule has 0 unspecified atom stereocenters. The fourth-order valence-electron chi connectivity index (χ4n) is 0.867. The summed E-state index contributed by atoms with van der Waals surface area (Å²) < 4.78 is 33.9. The van der Waals surface area contributed by atoms with Gasteiger partial charge < -0.3 is 0 Å². The maximum atomic E-state index is 10.8. The Hall–Kier alpha value is -0.830. The molecule has 2 rings (SSSR count). The highest BCUT2D eigenvalue weighted by Gasteiger charge is 2.14. The van der Waals surface area contributed by atoms with Crippen molar-refractivity contribution in [1.29, 1.82) is 0 Å². The molecule has 2 aromatic heterocycles. The Morgan fingerprint density at radius 1 is 1.29 bits per heavy atom. The van der Waals surface area contributed by atoms with Crippen LogP contribution in [0.25, 0.3) is 9.75 Å². The van der Waals surface area contributed by atoms with Crippen molar-refractivity contribution in [2.75, 3.05) is 0 Å². The van der Waals surface area contributed by atoms with E-state index in [4.69, 9.17) is 4.55 Å². The van der Waals surface area contributed by atoms with E-state index in [0.717, 1.165) is 21.1 Å². The van der Waals surface area contributed by atoms with Gasteiger partial charge in [0.05, 0.1) is 11.1 Å². The van der Waals surface area contributed by atoms with Crippen LogP contribution >= 0.6 is 22.9 Å². The van der Waals surface area contributed by atoms with Crippen LogP contribution < -0.4 is 0 Å². The lowest BCUT2D eigenvalue weighted by Gasteiger charge is -1.87. The largest absolute Gasteiger partial charge is 0.304 e. The Balaban J connectivity index is 2.46. The Morgan fingerprint density at radius 3 is 2.57 bits per heavy atom. The summed E-state index contributed by atoms with van der Waals surface area (Å²) in [6, 6.07) is 2.97. The SMILES string of the molecule is O=S(=O)(O)c1ccc(-c2cnns2)s1. The van der Waals surface area contributed by atoms with Crippen molar-refractivity contribution >= 4 is 33.0 Å². The van der Waals surface area contributed by atoms with Crippen LogP contribution in [-0.2, 0) is 10.1 Å². The van der Waals surface area contributed by atoms with E-state index in [1.807, 2.05) is 0 Å². The number of thiophene rings is 1. The quantitative estimate of drug-likeness (QED) is 0.815. The number of hydrogen-bond donors (Lipinski definition) is 1. The zero-order valence-corrected chi connectivity index (χ0v) is 9.06. The molecule has 8 heteroatoms. The zero-order valence-electron chi connectivity index (χ0n) is 6.61. The number of aromatic nitrogens is 2. The molecule has 0 atom stereocenters. The lowest BCUT2D eigenvalue weighted by molar-refractivity contribution is 0.485. The van der Waals surface area contributed by atoms with Gasteiger partial charge in [0.15, 0.2) is 0 Å². The molecule has 2 heterocycles. The average Bonchev–Trinajstić information content (AvgIpc) is 2.73. The summed E-state index contributed by atoms with van der Waals surface area (Å²) in [7, 11) is -4.09. The van der Waals surface area contributed by atoms with Crippen LogP contribution in [0.2, 0.25) is 0 Å². The van der Waals surface area contributed by atoms with Gasteiger partial charge in [0.25, 0.3) is 0 Å². The van der Waals surface area contributed by atoms with Crippen LogP contribution in [0.4, 0.5) is 0 Å². The highest BCUT2D eigenvalue weighted by Crippen LogP contribution is 2.31. The van der Waals surface area contributed by atoms with E-state index in [0.29, 0.717) is 0 Å². The van der Waals surface area contributed by atoms with Gasteiger partial charge in [-0.25, -0.2) is 0 Å². The molecule has 0 fully saturated rings. The van der Waals surface area contributed by atoms with Crippen molar-refractivity contribution < 1.29 is 13.0 Å². The first-order chi connectivity index (χ1) is 6.57. The van der Waals surface area contributed by atoms with Crippen molar-refractivity contribution in [3.63, 3.8) is 0 Å². The number of nitrogens with zero attached hydrogens (tertiary/aromatic N) is 2. The van der Waals surface area contributed by atoms with Crippen molar-refractivity contribution in [2.45, 2.75) is 4.21 Å². The molecule has 2 aromatic rings. The third-order valence-electron chi connectivity index (χ3n) is 1.44. The van der Waals surface area contributed by atoms with Crippen LogP contribution in [0.5, 0.6) is 0 Å². The Kier molecular flexibility index (Phi) is 2.35. The first-order valence-corrected chi connectivity index (χ1v) is 6.45. The maximum Gasteiger partial charge on any atom is 0.304 e. The van der Waals surface area contributed by atoms with Crippen LogP contribution in [-0.4, -0.2) is 22.6 Å². The topological polar surface area (TPSA) is 80.2 Å². The van der Waals surface area contributed by atoms with E-state index >= 15 is 0 Å². The van der Waals surface area contributed by atoms with E-state index in [9.17, 15) is 8.42 Å². The third-order valence-corrected chi connectivity index (χ3v) is 4.71. The molecule has 0 aliphatic carbocycles. The standard InChI is InChI=1S/C6H4N2O3S3/c9-14(10,11)6-2-1-4(12-6)5-3-7-8-13-5/h1-3H,(H,9,10,11). The van der Waals surface area contributed by atoms with Gasteiger partial charge >= 0.3 is 10.1 Å². The number of hydrogen-bond acceptors (Lipinski definition) is 6. The van der Waals surface area contributed by atoms with Gasteiger partial charge in [0.2, 0.25) is 0 Å². The molecule has 1 N–H and O–H groups in total. The molecule has 5 nitrogen and oxygen atoms in total. The van der Waals surface area contributed by atoms with Crippen LogP contribution in [0.1, 0.15) is 0 Å². The molecule has 74 valence electrons. The van der Waals surface area contributed by atoms with Gasteiger partial charge in [-0.2, -0.15) is 8.42 Å². The molecule has 0 aliphatic heterocycles. The Morgan fingerprint density at radius 2 is 2.07 bits per heavy atom. The molecular formula is C6H4N2O3S3. The van der Waals surface area contributed by atoms with E-state index in [-0.39, 0.29) is 4.21 Å². The Labute approximate surface area is 87.9 Å². The molecule has 0 amide bonds. The van der Waals surface area contributed by atoms with Gasteiger partial charge in [-0.3, -0.25) is 4.55 Å². The van der Waals surface area contributed by atoms with Gasteiger partial charge in [-0.15, -0.1) is 16.4 Å². The summed E-state index contributed by atoms with van der Waals surface area (Å²) in [6.07, 6.45) is 1.55. The van der Waals surface area contributed by atoms with Crippen LogP contribution in [0, 0.1) is 0 Å². The van der Waals surface area contributed by atoms with Crippen LogP contribution in [0.15, 0.2) is 22.5 Å². The normalized spacial score (nSPS) is 11.8. The van der Waals surface area contributed by atoms with Gasteiger partial charge in [0.1, 0.15) is 4.21 Å². The van der Waals surface area contributed by atoms with Crippen LogP contribution in [0.3, 0.4) is 0 Å². The molecule has 0 spiro atoms. The maximum absolute atomic E-state index is 10.8. The predicted molar refractivity (Wildman–Crippen MR) is 53.0 cm³/mol. The van der Waals surface area contributed by atoms with Crippen molar-refractivity contribution in [2.24, 2.45) is 0 Å². The summed E-state index contributed by atoms with van der Waals surface area (Å²) in [4.78, 5) is 1.51. The van der Waals surface area contributed by atoms with Gasteiger partial charge in [-0.05, 0) is 23.7 Å². The highest BCUT2D eigenvalue weighted by atomic mass is 32.3. The third kappa shape index (κ3) is 1.82. The first kappa shape index (κ1) is 9.71. The van der Waals surface area contributed by atoms with Crippen molar-refractivity contribution in [1.82, 2.24) is 9.59 Å². The van der Waals surface area contributed by atoms with E-state index in [2.05, 4.69) is 9.59 Å². The minimum absolute atomic E-state index is 0.0686. The fourth-order valence-corrected chi connectivity index (χ4v) is 3.11. The molecular weight excluding hydrogens is 244 g/mol. The van der Waals surface area contributed by atoms with Crippen molar-refractivity contribution in [3.05, 3.63) is 18.3 Å². The summed E-state index contributed by atoms with van der Waals surface area (Å²) in [5.74, 6) is 0. The molecule has 14 heavy (non-hydrogen) atoms. The average molecular weight is 248 g/mol. The smallest absolute Gasteiger partial charge is 0.281 e. The lowest BCUT2D eigenvalue weighted by Crippen LogP contribution is -1.92. The minimum Gasteiger partial charge on any atom is -0.281 e. The second kappa shape index (κ2) is 3.39. The van der Waals surface area contributed by atoms with E-state index < -0.39 is 10.1 Å². The van der Waals surface area contributed by atoms with E-state index in [1.54, 1.807) is 12.3 Å². The molecule has 0 radical (unpaired) electrons. The van der Waals surface area contributed by atoms with E-state index in [1.165, 1.54) is 17.6 Å². The Bertz CT molecular complexity index is 528. The summed E-state index contributed by atoms with van der Waals surface area (Å²) in [6.45, 7) is 0.